The Balaban J connectivity index is 1.42. The lowest BCUT2D eigenvalue weighted by atomic mass is 9.75. The number of fused-ring (bicyclic) bond motifs is 3. The zero-order chi connectivity index (χ0) is 22.9. The molecule has 0 heterocycles. The fourth-order valence-electron chi connectivity index (χ4n) is 4.56. The van der Waals surface area contributed by atoms with E-state index in [4.69, 9.17) is 4.74 Å². The maximum absolute atomic E-state index is 12.8. The number of amides is 2. The van der Waals surface area contributed by atoms with Crippen molar-refractivity contribution in [1.29, 1.82) is 0 Å². The van der Waals surface area contributed by atoms with Crippen LogP contribution in [-0.4, -0.2) is 41.3 Å². The van der Waals surface area contributed by atoms with Crippen LogP contribution in [0.2, 0.25) is 0 Å². The molecule has 1 saturated carbocycles. The summed E-state index contributed by atoms with van der Waals surface area (Å²) in [5.41, 5.74) is 3.38. The van der Waals surface area contributed by atoms with Gasteiger partial charge in [-0.05, 0) is 47.4 Å². The fraction of sp³-hybridized carbons (Fsp3) is 0.400. The molecule has 2 aromatic rings. The molecule has 0 radical (unpaired) electrons. The lowest BCUT2D eigenvalue weighted by Crippen LogP contribution is -2.65. The zero-order valence-electron chi connectivity index (χ0n) is 18.3. The number of nitrogens with one attached hydrogen (secondary N) is 2. The van der Waals surface area contributed by atoms with Crippen molar-refractivity contribution in [3.05, 3.63) is 59.7 Å². The average molecular weight is 437 g/mol. The van der Waals surface area contributed by atoms with E-state index in [2.05, 4.69) is 22.8 Å². The van der Waals surface area contributed by atoms with Gasteiger partial charge in [0.05, 0.1) is 0 Å². The number of carboxylic acids is 1. The smallest absolute Gasteiger partial charge is 0.408 e. The summed E-state index contributed by atoms with van der Waals surface area (Å²) in [6, 6.07) is 15.1. The van der Waals surface area contributed by atoms with Crippen LogP contribution in [0.1, 0.15) is 50.2 Å². The second-order valence-corrected chi connectivity index (χ2v) is 8.92. The van der Waals surface area contributed by atoms with Gasteiger partial charge in [-0.25, -0.2) is 9.59 Å². The van der Waals surface area contributed by atoms with Crippen LogP contribution in [0.4, 0.5) is 4.79 Å². The number of hydrogen-bond acceptors (Lipinski definition) is 4. The number of hydrogen-bond donors (Lipinski definition) is 3. The summed E-state index contributed by atoms with van der Waals surface area (Å²) in [5.74, 6) is -1.91. The predicted octanol–water partition coefficient (Wildman–Crippen LogP) is 3.67. The molecule has 0 aliphatic heterocycles. The van der Waals surface area contributed by atoms with E-state index in [1.54, 1.807) is 13.8 Å². The Morgan fingerprint density at radius 3 is 2.06 bits per heavy atom. The van der Waals surface area contributed by atoms with Gasteiger partial charge in [0, 0.05) is 5.92 Å². The minimum Gasteiger partial charge on any atom is -0.480 e. The molecule has 32 heavy (non-hydrogen) atoms. The monoisotopic (exact) mass is 436 g/mol. The molecule has 7 nitrogen and oxygen atoms in total. The van der Waals surface area contributed by atoms with Crippen molar-refractivity contribution in [3.63, 3.8) is 0 Å². The van der Waals surface area contributed by atoms with Gasteiger partial charge in [-0.1, -0.05) is 62.4 Å². The molecule has 0 bridgehead atoms. The third-order valence-corrected chi connectivity index (χ3v) is 6.55. The van der Waals surface area contributed by atoms with Crippen molar-refractivity contribution in [2.75, 3.05) is 6.61 Å². The van der Waals surface area contributed by atoms with Crippen LogP contribution in [-0.2, 0) is 14.3 Å². The molecule has 7 heteroatoms. The number of carbonyl (C=O) groups is 3. The van der Waals surface area contributed by atoms with Gasteiger partial charge in [-0.15, -0.1) is 0 Å². The molecular formula is C25H28N2O5. The number of aliphatic carboxylic acids is 1. The van der Waals surface area contributed by atoms with Crippen molar-refractivity contribution in [1.82, 2.24) is 10.6 Å². The van der Waals surface area contributed by atoms with Crippen LogP contribution in [0.5, 0.6) is 0 Å². The Hall–Kier alpha value is -3.35. The quantitative estimate of drug-likeness (QED) is 0.614. The van der Waals surface area contributed by atoms with E-state index in [9.17, 15) is 19.5 Å². The molecule has 2 aliphatic carbocycles. The highest BCUT2D eigenvalue weighted by Crippen LogP contribution is 2.44. The fourth-order valence-corrected chi connectivity index (χ4v) is 4.56. The first-order chi connectivity index (χ1) is 15.3. The largest absolute Gasteiger partial charge is 0.480 e. The molecule has 1 unspecified atom stereocenters. The molecule has 3 N–H and O–H groups in total. The molecule has 1 fully saturated rings. The maximum atomic E-state index is 12.8. The summed E-state index contributed by atoms with van der Waals surface area (Å²) < 4.78 is 5.57. The van der Waals surface area contributed by atoms with Gasteiger partial charge in [0.1, 0.15) is 18.2 Å². The number of alkyl carbamates (subject to hydrolysis) is 1. The normalized spacial score (nSPS) is 17.0. The molecule has 2 aliphatic rings. The summed E-state index contributed by atoms with van der Waals surface area (Å²) in [7, 11) is 0. The Labute approximate surface area is 187 Å². The van der Waals surface area contributed by atoms with E-state index < -0.39 is 29.6 Å². The van der Waals surface area contributed by atoms with Crippen molar-refractivity contribution < 1.29 is 24.2 Å². The highest BCUT2D eigenvalue weighted by Gasteiger charge is 2.47. The van der Waals surface area contributed by atoms with Crippen LogP contribution in [0.15, 0.2) is 48.5 Å². The first kappa shape index (κ1) is 21.9. The maximum Gasteiger partial charge on any atom is 0.408 e. The topological polar surface area (TPSA) is 105 Å². The molecule has 2 aromatic carbocycles. The molecular weight excluding hydrogens is 408 g/mol. The lowest BCUT2D eigenvalue weighted by Gasteiger charge is -2.41. The second-order valence-electron chi connectivity index (χ2n) is 8.92. The molecule has 0 aromatic heterocycles. The molecule has 0 spiro atoms. The van der Waals surface area contributed by atoms with Crippen LogP contribution < -0.4 is 10.6 Å². The molecule has 1 atom stereocenters. The van der Waals surface area contributed by atoms with E-state index in [-0.39, 0.29) is 18.4 Å². The summed E-state index contributed by atoms with van der Waals surface area (Å²) in [6.45, 7) is 3.61. The Morgan fingerprint density at radius 1 is 1.03 bits per heavy atom. The Kier molecular flexibility index (Phi) is 5.91. The Morgan fingerprint density at radius 2 is 1.59 bits per heavy atom. The minimum absolute atomic E-state index is 0.0725. The van der Waals surface area contributed by atoms with Gasteiger partial charge in [-0.2, -0.15) is 0 Å². The number of ether oxygens (including phenoxy) is 1. The van der Waals surface area contributed by atoms with Gasteiger partial charge >= 0.3 is 12.1 Å². The molecule has 0 saturated heterocycles. The van der Waals surface area contributed by atoms with Crippen molar-refractivity contribution >= 4 is 18.0 Å². The van der Waals surface area contributed by atoms with Crippen LogP contribution in [0, 0.1) is 5.92 Å². The lowest BCUT2D eigenvalue weighted by molar-refractivity contribution is -0.145. The van der Waals surface area contributed by atoms with Crippen LogP contribution in [0.3, 0.4) is 0 Å². The van der Waals surface area contributed by atoms with E-state index in [1.165, 1.54) is 0 Å². The van der Waals surface area contributed by atoms with Gasteiger partial charge in [0.2, 0.25) is 5.91 Å². The number of rotatable bonds is 7. The van der Waals surface area contributed by atoms with E-state index in [0.29, 0.717) is 12.8 Å². The molecule has 168 valence electrons. The third kappa shape index (κ3) is 3.95. The van der Waals surface area contributed by atoms with Gasteiger partial charge in [0.15, 0.2) is 0 Å². The standard InChI is InChI=1S/C25H28N2O5/c1-15(2)21(22(28)29)26-23(30)25(12-7-13-25)27-24(31)32-14-20-18-10-5-3-8-16(18)17-9-4-6-11-19(17)20/h3-6,8-11,15,20-21H,7,12-14H2,1-2H3,(H,26,30)(H,27,31)(H,28,29). The summed E-state index contributed by atoms with van der Waals surface area (Å²) in [5, 5.41) is 14.7. The predicted molar refractivity (Wildman–Crippen MR) is 119 cm³/mol. The first-order valence-electron chi connectivity index (χ1n) is 11.0. The van der Waals surface area contributed by atoms with Crippen molar-refractivity contribution in [3.8, 4) is 11.1 Å². The highest BCUT2D eigenvalue weighted by molar-refractivity contribution is 5.93. The number of carbonyl (C=O) groups excluding carboxylic acids is 2. The third-order valence-electron chi connectivity index (χ3n) is 6.55. The SMILES string of the molecule is CC(C)C(NC(=O)C1(NC(=O)OCC2c3ccccc3-c3ccccc32)CCC1)C(=O)O. The molecule has 4 rings (SSSR count). The van der Waals surface area contributed by atoms with Crippen LogP contribution in [0.25, 0.3) is 11.1 Å². The highest BCUT2D eigenvalue weighted by atomic mass is 16.5. The van der Waals surface area contributed by atoms with Gasteiger partial charge in [0.25, 0.3) is 0 Å². The number of carboxylic acid groups (broad SMARTS) is 1. The Bertz CT molecular complexity index is 999. The summed E-state index contributed by atoms with van der Waals surface area (Å²) in [6.07, 6.45) is 1.01. The van der Waals surface area contributed by atoms with Crippen molar-refractivity contribution in [2.45, 2.75) is 50.6 Å². The minimum atomic E-state index is -1.12. The van der Waals surface area contributed by atoms with Crippen LogP contribution >= 0.6 is 0 Å². The van der Waals surface area contributed by atoms with E-state index in [0.717, 1.165) is 28.7 Å². The first-order valence-corrected chi connectivity index (χ1v) is 11.0. The van der Waals surface area contributed by atoms with Gasteiger partial charge in [-0.3, -0.25) is 4.79 Å². The summed E-state index contributed by atoms with van der Waals surface area (Å²) >= 11 is 0. The average Bonchev–Trinajstić information content (AvgIpc) is 3.06. The molecule has 2 amide bonds. The second kappa shape index (κ2) is 8.65. The van der Waals surface area contributed by atoms with Gasteiger partial charge < -0.3 is 20.5 Å². The van der Waals surface area contributed by atoms with E-state index in [1.807, 2.05) is 36.4 Å². The zero-order valence-corrected chi connectivity index (χ0v) is 18.3. The number of benzene rings is 2. The summed E-state index contributed by atoms with van der Waals surface area (Å²) in [4.78, 5) is 37.0. The van der Waals surface area contributed by atoms with Crippen molar-refractivity contribution in [2.24, 2.45) is 5.92 Å². The van der Waals surface area contributed by atoms with E-state index >= 15 is 0 Å².